The molecule has 4 nitrogen and oxygen atoms in total. The quantitative estimate of drug-likeness (QED) is 0.402. The van der Waals surface area contributed by atoms with Gasteiger partial charge in [-0.25, -0.2) is 0 Å². The number of likely N-dealkylation sites (tertiary alicyclic amines) is 1. The van der Waals surface area contributed by atoms with Gasteiger partial charge in [-0.05, 0) is 45.8 Å². The van der Waals surface area contributed by atoms with Gasteiger partial charge in [-0.1, -0.05) is 36.8 Å². The molecule has 1 aromatic carbocycles. The monoisotopic (exact) mass is 444 g/mol. The summed E-state index contributed by atoms with van der Waals surface area (Å²) in [6.45, 7) is 10.4. The molecule has 24 heavy (non-hydrogen) atoms. The molecule has 0 bridgehead atoms. The van der Waals surface area contributed by atoms with Crippen LogP contribution in [-0.2, 0) is 0 Å². The van der Waals surface area contributed by atoms with Crippen LogP contribution in [0.1, 0.15) is 43.7 Å². The Morgan fingerprint density at radius 1 is 1.29 bits per heavy atom. The largest absolute Gasteiger partial charge is 0.357 e. The van der Waals surface area contributed by atoms with Crippen molar-refractivity contribution in [2.24, 2.45) is 4.99 Å². The lowest BCUT2D eigenvalue weighted by Crippen LogP contribution is -2.44. The maximum atomic E-state index is 4.77. The highest BCUT2D eigenvalue weighted by Gasteiger charge is 2.20. The summed E-state index contributed by atoms with van der Waals surface area (Å²) < 4.78 is 0. The Labute approximate surface area is 164 Å². The van der Waals surface area contributed by atoms with Crippen LogP contribution < -0.4 is 10.6 Å². The second kappa shape index (κ2) is 10.9. The molecule has 0 spiro atoms. The average molecular weight is 444 g/mol. The summed E-state index contributed by atoms with van der Waals surface area (Å²) in [4.78, 5) is 7.21. The topological polar surface area (TPSA) is 39.7 Å². The maximum absolute atomic E-state index is 4.77. The van der Waals surface area contributed by atoms with E-state index in [1.807, 2.05) is 0 Å². The Morgan fingerprint density at radius 3 is 2.58 bits per heavy atom. The fourth-order valence-electron chi connectivity index (χ4n) is 3.02. The third-order valence-corrected chi connectivity index (χ3v) is 4.69. The van der Waals surface area contributed by atoms with Crippen LogP contribution in [0.15, 0.2) is 29.3 Å². The number of rotatable bonds is 6. The van der Waals surface area contributed by atoms with E-state index < -0.39 is 0 Å². The highest BCUT2D eigenvalue weighted by atomic mass is 127. The van der Waals surface area contributed by atoms with Gasteiger partial charge in [0.25, 0.3) is 0 Å². The summed E-state index contributed by atoms with van der Waals surface area (Å²) in [7, 11) is 2.21. The normalized spacial score (nSPS) is 19.7. The Bertz CT molecular complexity index is 501. The molecule has 5 heteroatoms. The van der Waals surface area contributed by atoms with Gasteiger partial charge in [0.15, 0.2) is 5.96 Å². The molecule has 0 radical (unpaired) electrons. The van der Waals surface area contributed by atoms with Gasteiger partial charge in [-0.15, -0.1) is 24.0 Å². The third kappa shape index (κ3) is 6.59. The summed E-state index contributed by atoms with van der Waals surface area (Å²) in [5.74, 6) is 1.37. The lowest BCUT2D eigenvalue weighted by atomic mass is 10.0. The van der Waals surface area contributed by atoms with E-state index in [0.717, 1.165) is 25.6 Å². The van der Waals surface area contributed by atoms with E-state index in [1.165, 1.54) is 30.5 Å². The lowest BCUT2D eigenvalue weighted by Gasteiger charge is -2.21. The van der Waals surface area contributed by atoms with Crippen molar-refractivity contribution in [3.63, 3.8) is 0 Å². The zero-order chi connectivity index (χ0) is 16.7. The van der Waals surface area contributed by atoms with Crippen molar-refractivity contribution in [3.8, 4) is 0 Å². The van der Waals surface area contributed by atoms with E-state index in [9.17, 15) is 0 Å². The number of halogens is 1. The first-order valence-electron chi connectivity index (χ1n) is 8.89. The Kier molecular flexibility index (Phi) is 9.66. The van der Waals surface area contributed by atoms with E-state index in [1.54, 1.807) is 0 Å². The summed E-state index contributed by atoms with van der Waals surface area (Å²) in [5.41, 5.74) is 2.66. The lowest BCUT2D eigenvalue weighted by molar-refractivity contribution is 0.309. The van der Waals surface area contributed by atoms with Crippen molar-refractivity contribution in [1.29, 1.82) is 0 Å². The molecule has 2 unspecified atom stereocenters. The molecule has 1 heterocycles. The molecule has 2 atom stereocenters. The fourth-order valence-corrected chi connectivity index (χ4v) is 3.02. The van der Waals surface area contributed by atoms with Crippen molar-refractivity contribution in [3.05, 3.63) is 35.4 Å². The number of likely N-dealkylation sites (N-methyl/N-ethyl adjacent to an activating group) is 1. The number of benzene rings is 1. The first kappa shape index (κ1) is 21.2. The van der Waals surface area contributed by atoms with Crippen molar-refractivity contribution in [1.82, 2.24) is 15.5 Å². The molecule has 1 aliphatic rings. The van der Waals surface area contributed by atoms with Crippen LogP contribution in [0.25, 0.3) is 0 Å². The second-order valence-corrected chi connectivity index (χ2v) is 6.69. The van der Waals surface area contributed by atoms with Crippen LogP contribution in [0.4, 0.5) is 0 Å². The number of nitrogens with one attached hydrogen (secondary N) is 2. The molecule has 2 N–H and O–H groups in total. The number of hydrogen-bond donors (Lipinski definition) is 2. The smallest absolute Gasteiger partial charge is 0.191 e. The molecule has 1 fully saturated rings. The van der Waals surface area contributed by atoms with Crippen LogP contribution in [0, 0.1) is 6.92 Å². The average Bonchev–Trinajstić information content (AvgIpc) is 2.95. The predicted octanol–water partition coefficient (Wildman–Crippen LogP) is 3.37. The number of guanidine groups is 1. The summed E-state index contributed by atoms with van der Waals surface area (Å²) in [5, 5.41) is 6.86. The summed E-state index contributed by atoms with van der Waals surface area (Å²) in [6.07, 6.45) is 2.59. The van der Waals surface area contributed by atoms with Crippen LogP contribution in [-0.4, -0.2) is 50.1 Å². The first-order chi connectivity index (χ1) is 11.1. The summed E-state index contributed by atoms with van der Waals surface area (Å²) in [6, 6.07) is 9.41. The van der Waals surface area contributed by atoms with Gasteiger partial charge >= 0.3 is 0 Å². The highest BCUT2D eigenvalue weighted by Crippen LogP contribution is 2.16. The molecular weight excluding hydrogens is 411 g/mol. The second-order valence-electron chi connectivity index (χ2n) is 6.69. The molecule has 1 saturated heterocycles. The molecule has 1 aromatic rings. The molecule has 0 aliphatic carbocycles. The Hall–Kier alpha value is -0.820. The standard InChI is InChI=1S/C19H32N4.HI/c1-5-20-19(22-14-18-7-6-12-23(18)4)21-13-16(3)17-10-8-15(2)9-11-17;/h8-11,16,18H,5-7,12-14H2,1-4H3,(H2,20,21,22);1H. The molecule has 0 saturated carbocycles. The van der Waals surface area contributed by atoms with Gasteiger partial charge in [0.05, 0.1) is 0 Å². The van der Waals surface area contributed by atoms with Crippen LogP contribution in [0.3, 0.4) is 0 Å². The van der Waals surface area contributed by atoms with E-state index in [0.29, 0.717) is 12.0 Å². The fraction of sp³-hybridized carbons (Fsp3) is 0.632. The van der Waals surface area contributed by atoms with Gasteiger partial charge in [0.1, 0.15) is 0 Å². The van der Waals surface area contributed by atoms with Gasteiger partial charge in [0.2, 0.25) is 0 Å². The molecule has 0 aromatic heterocycles. The van der Waals surface area contributed by atoms with E-state index >= 15 is 0 Å². The van der Waals surface area contributed by atoms with E-state index in [-0.39, 0.29) is 24.0 Å². The molecule has 136 valence electrons. The van der Waals surface area contributed by atoms with Gasteiger partial charge in [-0.2, -0.15) is 0 Å². The minimum Gasteiger partial charge on any atom is -0.357 e. The zero-order valence-electron chi connectivity index (χ0n) is 15.5. The zero-order valence-corrected chi connectivity index (χ0v) is 17.8. The number of aliphatic imine (C=N–C) groups is 1. The SMILES string of the molecule is CCNC(=NCC(C)c1ccc(C)cc1)NCC1CCCN1C.I. The van der Waals surface area contributed by atoms with Crippen molar-refractivity contribution >= 4 is 29.9 Å². The van der Waals surface area contributed by atoms with Crippen LogP contribution in [0.5, 0.6) is 0 Å². The van der Waals surface area contributed by atoms with Crippen molar-refractivity contribution < 1.29 is 0 Å². The van der Waals surface area contributed by atoms with Crippen molar-refractivity contribution in [2.45, 2.75) is 45.6 Å². The number of hydrogen-bond acceptors (Lipinski definition) is 2. The maximum Gasteiger partial charge on any atom is 0.191 e. The first-order valence-corrected chi connectivity index (χ1v) is 8.89. The Morgan fingerprint density at radius 2 is 2.00 bits per heavy atom. The van der Waals surface area contributed by atoms with Gasteiger partial charge in [0, 0.05) is 31.6 Å². The number of nitrogens with zero attached hydrogens (tertiary/aromatic N) is 2. The highest BCUT2D eigenvalue weighted by molar-refractivity contribution is 14.0. The molecule has 2 rings (SSSR count). The minimum atomic E-state index is 0. The minimum absolute atomic E-state index is 0. The van der Waals surface area contributed by atoms with Crippen LogP contribution >= 0.6 is 24.0 Å². The molecular formula is C19H33IN4. The third-order valence-electron chi connectivity index (χ3n) is 4.69. The van der Waals surface area contributed by atoms with Gasteiger partial charge < -0.3 is 15.5 Å². The molecule has 1 aliphatic heterocycles. The van der Waals surface area contributed by atoms with Gasteiger partial charge in [-0.3, -0.25) is 4.99 Å². The predicted molar refractivity (Wildman–Crippen MR) is 115 cm³/mol. The van der Waals surface area contributed by atoms with Crippen LogP contribution in [0.2, 0.25) is 0 Å². The van der Waals surface area contributed by atoms with E-state index in [2.05, 4.69) is 67.6 Å². The number of aryl methyl sites for hydroxylation is 1. The molecule has 0 amide bonds. The van der Waals surface area contributed by atoms with E-state index in [4.69, 9.17) is 4.99 Å². The Balaban J connectivity index is 0.00000288. The van der Waals surface area contributed by atoms with Crippen molar-refractivity contribution in [2.75, 3.05) is 33.2 Å². The summed E-state index contributed by atoms with van der Waals surface area (Å²) >= 11 is 0.